The van der Waals surface area contributed by atoms with E-state index in [0.29, 0.717) is 61.9 Å². The van der Waals surface area contributed by atoms with E-state index in [4.69, 9.17) is 116 Å². The number of carbonyl (C=O) groups is 7. The van der Waals surface area contributed by atoms with Gasteiger partial charge in [0.25, 0.3) is 22.9 Å². The van der Waals surface area contributed by atoms with Crippen LogP contribution in [0.2, 0.25) is 25.4 Å². The van der Waals surface area contributed by atoms with Crippen molar-refractivity contribution in [2.45, 2.75) is 236 Å². The van der Waals surface area contributed by atoms with Gasteiger partial charge in [0.1, 0.15) is 81.8 Å². The number of nitrogens with zero attached hydrogens (tertiary/aromatic N) is 13. The van der Waals surface area contributed by atoms with Crippen LogP contribution < -0.4 is 109 Å². The van der Waals surface area contributed by atoms with Crippen LogP contribution >= 0.6 is 70.4 Å². The van der Waals surface area contributed by atoms with Crippen molar-refractivity contribution >= 4 is 159 Å². The number of nitrogens with one attached hydrogen (secondary N) is 5. The van der Waals surface area contributed by atoms with Crippen LogP contribution in [0.15, 0.2) is 57.9 Å². The molecule has 7 aromatic rings. The summed E-state index contributed by atoms with van der Waals surface area (Å²) in [7, 11) is 5.50. The first-order valence-corrected chi connectivity index (χ1v) is 45.0. The zero-order valence-electron chi connectivity index (χ0n) is 73.7. The Balaban J connectivity index is 0.000000204. The van der Waals surface area contributed by atoms with E-state index < -0.39 is 96.7 Å². The molecular formula is C81H107Cl6IN21O19-. The number of halogens is 7. The second-order valence-corrected chi connectivity index (χ2v) is 37.3. The normalized spacial score (nSPS) is 15.8. The Morgan fingerprint density at radius 1 is 0.438 bits per heavy atom. The van der Waals surface area contributed by atoms with Gasteiger partial charge in [0, 0.05) is 13.2 Å². The van der Waals surface area contributed by atoms with Gasteiger partial charge >= 0.3 is 157 Å². The number of methoxy groups -OCH3 is 4. The monoisotopic (exact) mass is 2010 g/mol. The first-order valence-electron chi connectivity index (χ1n) is 40.4. The van der Waals surface area contributed by atoms with E-state index >= 15 is 0 Å². The molecule has 40 nitrogen and oxygen atoms in total. The first kappa shape index (κ1) is 103. The van der Waals surface area contributed by atoms with Crippen molar-refractivity contribution in [2.75, 3.05) is 73.6 Å². The minimum absolute atomic E-state index is 0. The molecule has 700 valence electrons. The Morgan fingerprint density at radius 2 is 0.742 bits per heavy atom. The van der Waals surface area contributed by atoms with Crippen molar-refractivity contribution < 1.29 is 97.7 Å². The summed E-state index contributed by atoms with van der Waals surface area (Å²) in [5.41, 5.74) is 5.93. The van der Waals surface area contributed by atoms with E-state index in [9.17, 15) is 47.9 Å². The Labute approximate surface area is 779 Å². The van der Waals surface area contributed by atoms with Crippen molar-refractivity contribution in [3.05, 3.63) is 123 Å². The van der Waals surface area contributed by atoms with Crippen LogP contribution in [0.3, 0.4) is 0 Å². The Hall–Kier alpha value is -10.2. The molecule has 7 aromatic heterocycles. The van der Waals surface area contributed by atoms with Gasteiger partial charge in [0.05, 0.1) is 38.5 Å². The molecule has 0 atom stereocenters. The molecule has 3 aliphatic carbocycles. The second kappa shape index (κ2) is 43.5. The van der Waals surface area contributed by atoms with Crippen molar-refractivity contribution in [3.8, 4) is 23.0 Å². The molecule has 47 heteroatoms. The third-order valence-electron chi connectivity index (χ3n) is 19.8. The van der Waals surface area contributed by atoms with Gasteiger partial charge in [-0.25, -0.2) is 59.0 Å². The number of carbonyl (C=O) groups excluding carboxylic acids is 7. The fourth-order valence-electron chi connectivity index (χ4n) is 14.7. The second-order valence-electron chi connectivity index (χ2n) is 33.7. The molecule has 0 bridgehead atoms. The number of aromatic nitrogens is 11. The maximum atomic E-state index is 13.8. The van der Waals surface area contributed by atoms with Gasteiger partial charge in [0.2, 0.25) is 11.5 Å². The van der Waals surface area contributed by atoms with Gasteiger partial charge in [-0.3, -0.25) is 28.3 Å². The molecule has 0 unspecified atom stereocenters. The molecule has 7 aliphatic rings. The number of rotatable bonds is 12. The predicted octanol–water partition coefficient (Wildman–Crippen LogP) is 11.1. The third-order valence-corrected chi connectivity index (χ3v) is 22.5. The maximum absolute atomic E-state index is 13.8. The molecule has 3 saturated carbocycles. The van der Waals surface area contributed by atoms with Crippen molar-refractivity contribution in [3.63, 3.8) is 0 Å². The summed E-state index contributed by atoms with van der Waals surface area (Å²) in [6, 6.07) is 4.37. The van der Waals surface area contributed by atoms with Crippen LogP contribution in [-0.2, 0) is 45.1 Å². The van der Waals surface area contributed by atoms with E-state index in [1.54, 1.807) is 93.7 Å². The van der Waals surface area contributed by atoms with E-state index in [-0.39, 0.29) is 131 Å². The number of nitrogen functional groups attached to an aromatic ring is 2. The number of pyridine rings is 3. The molecule has 0 radical (unpaired) electrons. The van der Waals surface area contributed by atoms with Crippen molar-refractivity contribution in [1.29, 1.82) is 0 Å². The molecule has 128 heavy (non-hydrogen) atoms. The van der Waals surface area contributed by atoms with Crippen LogP contribution in [0.25, 0.3) is 0 Å². The summed E-state index contributed by atoms with van der Waals surface area (Å²) in [5, 5.41) is 15.6. The van der Waals surface area contributed by atoms with E-state index in [2.05, 4.69) is 66.5 Å². The molecule has 14 rings (SSSR count). The predicted molar refractivity (Wildman–Crippen MR) is 478 cm³/mol. The van der Waals surface area contributed by atoms with Gasteiger partial charge < -0.3 is 75.4 Å². The molecule has 7 amide bonds. The number of alkyl halides is 1. The number of imide groups is 2. The quantitative estimate of drug-likeness (QED) is 0.0185. The molecule has 4 fully saturated rings. The van der Waals surface area contributed by atoms with Gasteiger partial charge in [-0.1, -0.05) is 59.2 Å². The zero-order valence-corrected chi connectivity index (χ0v) is 80.4. The number of amides is 7. The molecule has 0 aromatic carbocycles. The van der Waals surface area contributed by atoms with Crippen LogP contribution in [-0.4, -0.2) is 160 Å². The van der Waals surface area contributed by atoms with Crippen LogP contribution in [0.1, 0.15) is 229 Å². The summed E-state index contributed by atoms with van der Waals surface area (Å²) in [4.78, 5) is 161. The number of hydrogen-bond acceptors (Lipinski definition) is 32. The molecule has 3 spiro atoms. The van der Waals surface area contributed by atoms with Gasteiger partial charge in [0.15, 0.2) is 56.7 Å². The average Bonchev–Trinajstić information content (AvgIpc) is 1.58. The van der Waals surface area contributed by atoms with Gasteiger partial charge in [-0.2, -0.15) is 9.80 Å². The fraction of sp³-hybridized carbons (Fsp3) is 0.531. The molecule has 1 saturated heterocycles. The van der Waals surface area contributed by atoms with Gasteiger partial charge in [-0.15, -0.1) is 12.4 Å². The number of anilines is 8. The Kier molecular flexibility index (Phi) is 35.1. The molecular weight excluding hydrogens is 1910 g/mol. The summed E-state index contributed by atoms with van der Waals surface area (Å²) in [5.74, 6) is -0.461. The fourth-order valence-corrected chi connectivity index (χ4v) is 17.0. The average molecular weight is 2020 g/mol. The Bertz CT molecular complexity index is 5340. The minimum atomic E-state index is -1.06. The zero-order chi connectivity index (χ0) is 93.6. The number of nitrogens with two attached hydrogens (primary N) is 3. The summed E-state index contributed by atoms with van der Waals surface area (Å²) in [6.07, 6.45) is 16.2. The van der Waals surface area contributed by atoms with Crippen molar-refractivity contribution in [2.24, 2.45) is 3.95 Å². The SMILES string of the molecule is C1CCOC1.COc1c(Cl)ncnc1N(C(=O)OC(C)(C)C)C(=O)OC(C)(C)C.COc1c(N)ncnc1Cl.COc1c(N)ncnc1Nc1cc(Cl)c2n(c1=O)C1(CCCCC1)NC2=O.COc1c(Nc2cc(Cl)c3n(c2=O)C2(CCCCC2)NC3=O)ncnc1N(C(=O)OC(C)(C)C)C(=O)OC(C)(C)C.Cl.N[I-]Cc1cc(Cl)c2n(c1=O)C1(CCCCC1)NC2=O. The number of hydrogen-bond donors (Lipinski definition) is 8. The summed E-state index contributed by atoms with van der Waals surface area (Å²) >= 11 is 30.1. The van der Waals surface area contributed by atoms with Crippen LogP contribution in [0.4, 0.5) is 65.5 Å². The number of ether oxygens (including phenoxy) is 9. The van der Waals surface area contributed by atoms with Crippen LogP contribution in [0, 0.1) is 0 Å². The van der Waals surface area contributed by atoms with Crippen molar-refractivity contribution in [1.82, 2.24) is 69.5 Å². The topological polar surface area (TPSA) is 516 Å². The summed E-state index contributed by atoms with van der Waals surface area (Å²) in [6.45, 7) is 21.9. The molecule has 11 N–H and O–H groups in total. The number of fused-ring (bicyclic) bond motifs is 6. The first-order chi connectivity index (χ1) is 59.7. The van der Waals surface area contributed by atoms with Gasteiger partial charge in [-0.05, 0) is 159 Å². The standard InChI is InChI=1S/C27H35ClN6O7.C17H19ClN6O3.C15H22ClN3O5.C13H16ClIN3O2.C5H6ClN3O.C4H8O.ClH/c1-25(2,3)40-23(37)33(24(38)41-26(4,5)6)20-18(39-7)19(29-14-30-20)31-16-13-15(28)17-21(35)32-27(34(17)22(16)36)11-9-8-10-12-27;1-27-12-13(19)20-8-21-14(12)22-10-7-9(18)11-15(25)23-17(24(11)16(10)26)5-3-2-4-6-17;1-14(2,3)23-12(20)19(13(21)24-15(4,5)6)11-9(22-7)10(16)17-8-18-11;14-9-6-8(7-15-16)12(20)18-10(9)11(19)17-13(18)4-2-1-3-5-13;1-10-3-4(6)8-2-9-5(3)7;1-2-4-5-3-1;/h13-14H,8-12H2,1-7H3,(H,32,35)(H,29,30,31);7-8H,2-6H2,1H3,(H,23,25)(H3,19,20,21,22);8H,1-7H3;6H,1-5,7,16H2,(H,17,19);2H,1H3,(H2,7,8,9);1-4H2;1H/q;;;-1;;;. The third kappa shape index (κ3) is 24.7. The molecule has 11 heterocycles. The van der Waals surface area contributed by atoms with Crippen LogP contribution in [0.5, 0.6) is 23.0 Å². The van der Waals surface area contributed by atoms with E-state index in [1.807, 2.05) is 0 Å². The Morgan fingerprint density at radius 3 is 1.06 bits per heavy atom. The molecule has 4 aliphatic heterocycles. The van der Waals surface area contributed by atoms with E-state index in [1.165, 1.54) is 75.2 Å². The van der Waals surface area contributed by atoms with E-state index in [0.717, 1.165) is 96.5 Å². The summed E-state index contributed by atoms with van der Waals surface area (Å²) < 4.78 is 57.8.